The van der Waals surface area contributed by atoms with Gasteiger partial charge in [0, 0.05) is 17.5 Å². The summed E-state index contributed by atoms with van der Waals surface area (Å²) in [6, 6.07) is 13.8. The number of ether oxygens (including phenoxy) is 1. The zero-order valence-electron chi connectivity index (χ0n) is 18.6. The molecule has 0 saturated carbocycles. The van der Waals surface area contributed by atoms with E-state index in [0.29, 0.717) is 23.9 Å². The van der Waals surface area contributed by atoms with Gasteiger partial charge >= 0.3 is 0 Å². The van der Waals surface area contributed by atoms with Crippen LogP contribution in [0.1, 0.15) is 18.1 Å². The second kappa shape index (κ2) is 8.27. The van der Waals surface area contributed by atoms with Crippen molar-refractivity contribution in [2.75, 3.05) is 34.3 Å². The molecule has 6 heteroatoms. The monoisotopic (exact) mass is 422 g/mol. The van der Waals surface area contributed by atoms with E-state index in [1.54, 1.807) is 12.1 Å². The van der Waals surface area contributed by atoms with E-state index in [9.17, 15) is 9.18 Å². The summed E-state index contributed by atoms with van der Waals surface area (Å²) in [6.45, 7) is 3.83. The summed E-state index contributed by atoms with van der Waals surface area (Å²) < 4.78 is 22.0. The normalized spacial score (nSPS) is 14.0. The van der Waals surface area contributed by atoms with Gasteiger partial charge in [-0.3, -0.25) is 4.79 Å². The van der Waals surface area contributed by atoms with Gasteiger partial charge in [0.25, 0.3) is 5.56 Å². The maximum atomic E-state index is 13.8. The Hall–Kier alpha value is -2.99. The fourth-order valence-corrected chi connectivity index (χ4v) is 4.26. The van der Waals surface area contributed by atoms with Gasteiger partial charge in [-0.25, -0.2) is 4.39 Å². The SMILES string of the molecule is CC(COc1ccc(-n2nc3c(cc2=O)CCc2ccc(F)cc2-3)cc1)C[N+](C)(C)C. The number of hydrogen-bond acceptors (Lipinski definition) is 3. The Bertz CT molecular complexity index is 1150. The van der Waals surface area contributed by atoms with Crippen LogP contribution < -0.4 is 10.3 Å². The van der Waals surface area contributed by atoms with Crippen LogP contribution in [-0.2, 0) is 12.8 Å². The average Bonchev–Trinajstić information content (AvgIpc) is 2.71. The van der Waals surface area contributed by atoms with Gasteiger partial charge in [-0.15, -0.1) is 0 Å². The number of nitrogens with zero attached hydrogens (tertiary/aromatic N) is 3. The molecule has 0 aliphatic heterocycles. The lowest BCUT2D eigenvalue weighted by Gasteiger charge is -2.27. The van der Waals surface area contributed by atoms with E-state index < -0.39 is 0 Å². The van der Waals surface area contributed by atoms with Crippen LogP contribution in [0.4, 0.5) is 4.39 Å². The summed E-state index contributed by atoms with van der Waals surface area (Å²) in [5.74, 6) is 0.882. The molecule has 4 rings (SSSR count). The fourth-order valence-electron chi connectivity index (χ4n) is 4.26. The molecule has 3 aromatic rings. The van der Waals surface area contributed by atoms with Crippen molar-refractivity contribution >= 4 is 0 Å². The van der Waals surface area contributed by atoms with Crippen LogP contribution in [-0.4, -0.2) is 48.6 Å². The Morgan fingerprint density at radius 2 is 1.77 bits per heavy atom. The molecule has 0 spiro atoms. The van der Waals surface area contributed by atoms with E-state index in [0.717, 1.165) is 46.3 Å². The first-order valence-electron chi connectivity index (χ1n) is 10.7. The highest BCUT2D eigenvalue weighted by Gasteiger charge is 2.20. The average molecular weight is 423 g/mol. The maximum absolute atomic E-state index is 13.8. The molecule has 1 aromatic heterocycles. The van der Waals surface area contributed by atoms with Crippen LogP contribution in [0.25, 0.3) is 16.9 Å². The molecule has 1 unspecified atom stereocenters. The lowest BCUT2D eigenvalue weighted by atomic mass is 9.89. The highest BCUT2D eigenvalue weighted by Crippen LogP contribution is 2.31. The number of aromatic nitrogens is 2. The molecule has 0 N–H and O–H groups in total. The topological polar surface area (TPSA) is 44.1 Å². The number of aryl methyl sites for hydroxylation is 2. The molecular weight excluding hydrogens is 393 g/mol. The minimum atomic E-state index is -0.299. The maximum Gasteiger partial charge on any atom is 0.271 e. The fraction of sp³-hybridized carbons (Fsp3) is 0.360. The summed E-state index contributed by atoms with van der Waals surface area (Å²) >= 11 is 0. The highest BCUT2D eigenvalue weighted by molar-refractivity contribution is 5.69. The molecule has 31 heavy (non-hydrogen) atoms. The summed E-state index contributed by atoms with van der Waals surface area (Å²) in [5.41, 5.74) is 3.83. The molecular formula is C25H29FN3O2+. The first-order chi connectivity index (χ1) is 14.7. The van der Waals surface area contributed by atoms with Crippen molar-refractivity contribution in [2.24, 2.45) is 5.92 Å². The Kier molecular flexibility index (Phi) is 5.67. The molecule has 0 fully saturated rings. The highest BCUT2D eigenvalue weighted by atomic mass is 19.1. The van der Waals surface area contributed by atoms with Crippen molar-refractivity contribution in [3.63, 3.8) is 0 Å². The quantitative estimate of drug-likeness (QED) is 0.567. The van der Waals surface area contributed by atoms with Gasteiger partial charge in [0.2, 0.25) is 0 Å². The minimum Gasteiger partial charge on any atom is -0.493 e. The largest absolute Gasteiger partial charge is 0.493 e. The van der Waals surface area contributed by atoms with Crippen molar-refractivity contribution in [1.29, 1.82) is 0 Å². The van der Waals surface area contributed by atoms with Crippen molar-refractivity contribution in [3.8, 4) is 22.7 Å². The molecule has 162 valence electrons. The van der Waals surface area contributed by atoms with Crippen molar-refractivity contribution in [3.05, 3.63) is 75.8 Å². The molecule has 1 heterocycles. The number of quaternary nitrogens is 1. The van der Waals surface area contributed by atoms with E-state index in [-0.39, 0.29) is 11.4 Å². The molecule has 1 aliphatic rings. The van der Waals surface area contributed by atoms with E-state index in [4.69, 9.17) is 4.74 Å². The van der Waals surface area contributed by atoms with Gasteiger partial charge in [0.05, 0.1) is 45.7 Å². The van der Waals surface area contributed by atoms with Crippen molar-refractivity contribution in [2.45, 2.75) is 19.8 Å². The van der Waals surface area contributed by atoms with E-state index in [1.165, 1.54) is 16.8 Å². The van der Waals surface area contributed by atoms with Crippen LogP contribution in [0.3, 0.4) is 0 Å². The number of halogens is 1. The van der Waals surface area contributed by atoms with E-state index in [1.807, 2.05) is 24.3 Å². The summed E-state index contributed by atoms with van der Waals surface area (Å²) in [6.07, 6.45) is 1.52. The van der Waals surface area contributed by atoms with Gasteiger partial charge in [-0.05, 0) is 60.4 Å². The molecule has 2 aromatic carbocycles. The zero-order chi connectivity index (χ0) is 22.2. The molecule has 0 bridgehead atoms. The minimum absolute atomic E-state index is 0.191. The summed E-state index contributed by atoms with van der Waals surface area (Å²) in [7, 11) is 6.50. The van der Waals surface area contributed by atoms with Gasteiger partial charge in [0.1, 0.15) is 11.6 Å². The molecule has 5 nitrogen and oxygen atoms in total. The standard InChI is InChI=1S/C25H29FN3O2/c1-17(15-29(2,3)4)16-31-22-11-9-21(10-12-22)28-24(30)13-19-6-5-18-7-8-20(26)14-23(18)25(19)27-28/h7-14,17H,5-6,15-16H2,1-4H3/q+1. The third-order valence-electron chi connectivity index (χ3n) is 5.48. The number of hydrogen-bond donors (Lipinski definition) is 0. The Morgan fingerprint density at radius 1 is 1.06 bits per heavy atom. The van der Waals surface area contributed by atoms with Crippen LogP contribution in [0.2, 0.25) is 0 Å². The summed E-state index contributed by atoms with van der Waals surface area (Å²) in [5, 5.41) is 4.60. The van der Waals surface area contributed by atoms with Crippen LogP contribution in [0.5, 0.6) is 5.75 Å². The van der Waals surface area contributed by atoms with Crippen LogP contribution >= 0.6 is 0 Å². The van der Waals surface area contributed by atoms with E-state index in [2.05, 4.69) is 33.2 Å². The Labute approximate surface area is 182 Å². The van der Waals surface area contributed by atoms with Crippen molar-refractivity contribution < 1.29 is 13.6 Å². The molecule has 0 radical (unpaired) electrons. The van der Waals surface area contributed by atoms with Crippen molar-refractivity contribution in [1.82, 2.24) is 9.78 Å². The van der Waals surface area contributed by atoms with Crippen LogP contribution in [0, 0.1) is 11.7 Å². The second-order valence-electron chi connectivity index (χ2n) is 9.45. The third-order valence-corrected chi connectivity index (χ3v) is 5.48. The Balaban J connectivity index is 1.57. The van der Waals surface area contributed by atoms with Gasteiger partial charge in [-0.2, -0.15) is 9.78 Å². The predicted octanol–water partition coefficient (Wildman–Crippen LogP) is 3.86. The zero-order valence-corrected chi connectivity index (χ0v) is 18.6. The molecule has 1 aliphatic carbocycles. The van der Waals surface area contributed by atoms with Gasteiger partial charge < -0.3 is 9.22 Å². The number of benzene rings is 2. The number of rotatable bonds is 6. The van der Waals surface area contributed by atoms with Crippen LogP contribution in [0.15, 0.2) is 53.3 Å². The molecule has 1 atom stereocenters. The van der Waals surface area contributed by atoms with Gasteiger partial charge in [0.15, 0.2) is 0 Å². The lowest BCUT2D eigenvalue weighted by Crippen LogP contribution is -2.39. The third kappa shape index (κ3) is 4.85. The predicted molar refractivity (Wildman–Crippen MR) is 120 cm³/mol. The first kappa shape index (κ1) is 21.2. The van der Waals surface area contributed by atoms with E-state index >= 15 is 0 Å². The Morgan fingerprint density at radius 3 is 2.48 bits per heavy atom. The summed E-state index contributed by atoms with van der Waals surface area (Å²) in [4.78, 5) is 12.7. The smallest absolute Gasteiger partial charge is 0.271 e. The number of fused-ring (bicyclic) bond motifs is 3. The van der Waals surface area contributed by atoms with Gasteiger partial charge in [-0.1, -0.05) is 13.0 Å². The second-order valence-corrected chi connectivity index (χ2v) is 9.45. The lowest BCUT2D eigenvalue weighted by molar-refractivity contribution is -0.873. The molecule has 0 amide bonds. The molecule has 0 saturated heterocycles. The first-order valence-corrected chi connectivity index (χ1v) is 10.7.